The van der Waals surface area contributed by atoms with Crippen LogP contribution < -0.4 is 14.8 Å². The Balaban J connectivity index is 1.82. The Bertz CT molecular complexity index is 1330. The second-order valence-electron chi connectivity index (χ2n) is 8.32. The number of aromatic nitrogens is 1. The molecule has 0 saturated carbocycles. The molecule has 8 nitrogen and oxygen atoms in total. The van der Waals surface area contributed by atoms with E-state index < -0.39 is 53.4 Å². The van der Waals surface area contributed by atoms with Gasteiger partial charge in [0.25, 0.3) is 5.91 Å². The van der Waals surface area contributed by atoms with E-state index in [-0.39, 0.29) is 22.8 Å². The quantitative estimate of drug-likeness (QED) is 0.411. The van der Waals surface area contributed by atoms with E-state index in [9.17, 15) is 27.6 Å². The molecule has 0 aliphatic heterocycles. The van der Waals surface area contributed by atoms with Crippen LogP contribution in [-0.2, 0) is 14.3 Å². The van der Waals surface area contributed by atoms with Gasteiger partial charge in [-0.2, -0.15) is 0 Å². The van der Waals surface area contributed by atoms with Crippen molar-refractivity contribution < 1.29 is 41.8 Å². The Morgan fingerprint density at radius 3 is 2.21 bits per heavy atom. The highest BCUT2D eigenvalue weighted by molar-refractivity contribution is 5.98. The molecule has 0 radical (unpaired) electrons. The third-order valence-corrected chi connectivity index (χ3v) is 5.55. The number of hydrogen-bond acceptors (Lipinski definition) is 7. The normalized spacial score (nSPS) is 13.1. The van der Waals surface area contributed by atoms with Gasteiger partial charge in [0.05, 0.1) is 7.11 Å². The third-order valence-electron chi connectivity index (χ3n) is 5.55. The van der Waals surface area contributed by atoms with Crippen molar-refractivity contribution in [3.8, 4) is 11.5 Å². The second-order valence-corrected chi connectivity index (χ2v) is 8.32. The summed E-state index contributed by atoms with van der Waals surface area (Å²) in [6.45, 7) is 3.98. The molecule has 0 bridgehead atoms. The van der Waals surface area contributed by atoms with Crippen molar-refractivity contribution >= 4 is 17.8 Å². The smallest absolute Gasteiger partial charge is 0.328 e. The van der Waals surface area contributed by atoms with Gasteiger partial charge in [0.2, 0.25) is 5.75 Å². The standard InChI is InChI=1S/C27H25F3N2O6/c1-14(32-26(34)24-25(38-16(3)33)22(36-4)11-12-31-24)27(35)37-15(2)23(17-5-7-18(28)8-6-17)20-10-9-19(29)13-21(20)30/h5-15,23H,1-4H3,(H,32,34)/t14-,15-,23-/m0/s1. The fraction of sp³-hybridized carbons (Fsp3) is 0.259. The van der Waals surface area contributed by atoms with E-state index in [1.165, 1.54) is 63.6 Å². The van der Waals surface area contributed by atoms with Crippen LogP contribution >= 0.6 is 0 Å². The SMILES string of the molecule is COc1ccnc(C(=O)N[C@@H](C)C(=O)O[C@@H](C)[C@@H](c2ccc(F)cc2)c2ccc(F)cc2F)c1OC(C)=O. The van der Waals surface area contributed by atoms with E-state index in [0.717, 1.165) is 13.0 Å². The minimum absolute atomic E-state index is 0.0293. The summed E-state index contributed by atoms with van der Waals surface area (Å²) in [6, 6.07) is 8.31. The summed E-state index contributed by atoms with van der Waals surface area (Å²) in [5.41, 5.74) is 0.145. The molecule has 0 aliphatic rings. The van der Waals surface area contributed by atoms with Gasteiger partial charge in [-0.25, -0.2) is 22.9 Å². The summed E-state index contributed by atoms with van der Waals surface area (Å²) in [5, 5.41) is 2.41. The van der Waals surface area contributed by atoms with Crippen LogP contribution in [0.4, 0.5) is 13.2 Å². The monoisotopic (exact) mass is 530 g/mol. The first-order chi connectivity index (χ1) is 18.0. The van der Waals surface area contributed by atoms with Gasteiger partial charge in [-0.1, -0.05) is 18.2 Å². The molecule has 1 aromatic heterocycles. The van der Waals surface area contributed by atoms with Crippen LogP contribution in [0.2, 0.25) is 0 Å². The number of benzene rings is 2. The van der Waals surface area contributed by atoms with E-state index in [2.05, 4.69) is 10.3 Å². The highest BCUT2D eigenvalue weighted by Gasteiger charge is 2.30. The molecule has 0 unspecified atom stereocenters. The zero-order valence-corrected chi connectivity index (χ0v) is 21.0. The number of halogens is 3. The van der Waals surface area contributed by atoms with Gasteiger partial charge in [0, 0.05) is 31.2 Å². The summed E-state index contributed by atoms with van der Waals surface area (Å²) in [5.74, 6) is -5.69. The maximum absolute atomic E-state index is 14.7. The summed E-state index contributed by atoms with van der Waals surface area (Å²) >= 11 is 0. The Labute approximate surface area is 216 Å². The molecule has 0 spiro atoms. The average Bonchev–Trinajstić information content (AvgIpc) is 2.86. The molecule has 2 aromatic carbocycles. The zero-order valence-electron chi connectivity index (χ0n) is 21.0. The first-order valence-corrected chi connectivity index (χ1v) is 11.4. The molecule has 0 aliphatic carbocycles. The lowest BCUT2D eigenvalue weighted by Gasteiger charge is -2.27. The average molecular weight is 530 g/mol. The van der Waals surface area contributed by atoms with Gasteiger partial charge in [-0.15, -0.1) is 0 Å². The van der Waals surface area contributed by atoms with Crippen molar-refractivity contribution in [2.45, 2.75) is 38.8 Å². The molecule has 0 fully saturated rings. The number of nitrogens with one attached hydrogen (secondary N) is 1. The first kappa shape index (κ1) is 28.2. The van der Waals surface area contributed by atoms with Crippen molar-refractivity contribution in [1.29, 1.82) is 0 Å². The summed E-state index contributed by atoms with van der Waals surface area (Å²) < 4.78 is 57.5. The van der Waals surface area contributed by atoms with Gasteiger partial charge < -0.3 is 19.5 Å². The number of esters is 2. The summed E-state index contributed by atoms with van der Waals surface area (Å²) in [7, 11) is 1.31. The number of rotatable bonds is 9. The molecule has 3 rings (SSSR count). The molecule has 1 heterocycles. The molecule has 1 N–H and O–H groups in total. The number of methoxy groups -OCH3 is 1. The molecular formula is C27H25F3N2O6. The summed E-state index contributed by atoms with van der Waals surface area (Å²) in [6.07, 6.45) is 0.245. The van der Waals surface area contributed by atoms with E-state index >= 15 is 0 Å². The molecule has 3 atom stereocenters. The largest absolute Gasteiger partial charge is 0.493 e. The lowest BCUT2D eigenvalue weighted by atomic mass is 9.86. The van der Waals surface area contributed by atoms with E-state index in [4.69, 9.17) is 14.2 Å². The Morgan fingerprint density at radius 1 is 0.947 bits per heavy atom. The van der Waals surface area contributed by atoms with Crippen LogP contribution in [0.1, 0.15) is 48.3 Å². The van der Waals surface area contributed by atoms with E-state index in [1.54, 1.807) is 0 Å². The maximum Gasteiger partial charge on any atom is 0.328 e. The Morgan fingerprint density at radius 2 is 1.61 bits per heavy atom. The zero-order chi connectivity index (χ0) is 28.0. The van der Waals surface area contributed by atoms with Gasteiger partial charge in [-0.05, 0) is 43.2 Å². The van der Waals surface area contributed by atoms with Crippen LogP contribution in [0.25, 0.3) is 0 Å². The van der Waals surface area contributed by atoms with Crippen molar-refractivity contribution in [3.63, 3.8) is 0 Å². The van der Waals surface area contributed by atoms with Crippen molar-refractivity contribution in [2.75, 3.05) is 7.11 Å². The molecular weight excluding hydrogens is 505 g/mol. The van der Waals surface area contributed by atoms with Crippen LogP contribution in [0, 0.1) is 17.5 Å². The Hall–Kier alpha value is -4.41. The van der Waals surface area contributed by atoms with Gasteiger partial charge in [0.15, 0.2) is 11.4 Å². The Kier molecular flexibility index (Phi) is 9.06. The predicted molar refractivity (Wildman–Crippen MR) is 129 cm³/mol. The van der Waals surface area contributed by atoms with Crippen LogP contribution in [0.5, 0.6) is 11.5 Å². The minimum Gasteiger partial charge on any atom is -0.493 e. The minimum atomic E-state index is -1.21. The van der Waals surface area contributed by atoms with Crippen molar-refractivity contribution in [3.05, 3.63) is 89.0 Å². The lowest BCUT2D eigenvalue weighted by molar-refractivity contribution is -0.150. The third kappa shape index (κ3) is 6.67. The molecule has 1 amide bonds. The highest BCUT2D eigenvalue weighted by Crippen LogP contribution is 2.33. The van der Waals surface area contributed by atoms with E-state index in [0.29, 0.717) is 11.6 Å². The first-order valence-electron chi connectivity index (χ1n) is 11.4. The van der Waals surface area contributed by atoms with Gasteiger partial charge >= 0.3 is 11.9 Å². The number of hydrogen-bond donors (Lipinski definition) is 1. The number of amides is 1. The van der Waals surface area contributed by atoms with E-state index in [1.807, 2.05) is 0 Å². The number of carbonyl (C=O) groups is 3. The number of carbonyl (C=O) groups excluding carboxylic acids is 3. The summed E-state index contributed by atoms with van der Waals surface area (Å²) in [4.78, 5) is 41.1. The highest BCUT2D eigenvalue weighted by atomic mass is 19.1. The van der Waals surface area contributed by atoms with Crippen LogP contribution in [-0.4, -0.2) is 42.1 Å². The topological polar surface area (TPSA) is 104 Å². The second kappa shape index (κ2) is 12.2. The predicted octanol–water partition coefficient (Wildman–Crippen LogP) is 4.31. The molecule has 3 aromatic rings. The molecule has 38 heavy (non-hydrogen) atoms. The molecule has 200 valence electrons. The number of pyridine rings is 1. The maximum atomic E-state index is 14.7. The fourth-order valence-electron chi connectivity index (χ4n) is 3.80. The van der Waals surface area contributed by atoms with Crippen LogP contribution in [0.15, 0.2) is 54.7 Å². The lowest BCUT2D eigenvalue weighted by Crippen LogP contribution is -2.41. The van der Waals surface area contributed by atoms with Crippen molar-refractivity contribution in [1.82, 2.24) is 10.3 Å². The van der Waals surface area contributed by atoms with Gasteiger partial charge in [0.1, 0.15) is 29.6 Å². The number of nitrogens with zero attached hydrogens (tertiary/aromatic N) is 1. The van der Waals surface area contributed by atoms with Gasteiger partial charge in [-0.3, -0.25) is 9.59 Å². The molecule has 11 heteroatoms. The molecule has 0 saturated heterocycles. The van der Waals surface area contributed by atoms with Crippen LogP contribution in [0.3, 0.4) is 0 Å². The number of ether oxygens (including phenoxy) is 3. The fourth-order valence-corrected chi connectivity index (χ4v) is 3.80. The van der Waals surface area contributed by atoms with Crippen molar-refractivity contribution in [2.24, 2.45) is 0 Å².